The van der Waals surface area contributed by atoms with Gasteiger partial charge in [0.2, 0.25) is 5.91 Å². The summed E-state index contributed by atoms with van der Waals surface area (Å²) in [5.74, 6) is -1.66. The largest absolute Gasteiger partial charge is 0.390 e. The topological polar surface area (TPSA) is 61.4 Å². The standard InChI is InChI=1S/C28H32F2N2O2S/c1-19(33)32-25(15-20-13-23(29)17-24(30)14-20)26(34)18-31-28(10-3-2-4-11-28)22-8-5-7-21(16-22)27-9-6-12-35-27/h5-9,12-14,16-17,25-26,31,34H,2-4,10-11,15,18H2,1H3,(H,32,33). The molecule has 1 amide bonds. The minimum absolute atomic E-state index is 0.123. The van der Waals surface area contributed by atoms with Crippen LogP contribution in [0.4, 0.5) is 8.78 Å². The number of benzene rings is 2. The van der Waals surface area contributed by atoms with E-state index >= 15 is 0 Å². The summed E-state index contributed by atoms with van der Waals surface area (Å²) in [7, 11) is 0. The number of rotatable bonds is 9. The average molecular weight is 499 g/mol. The monoisotopic (exact) mass is 498 g/mol. The number of thiophene rings is 1. The number of carbonyl (C=O) groups is 1. The lowest BCUT2D eigenvalue weighted by atomic mass is 9.76. The molecule has 2 atom stereocenters. The number of hydrogen-bond donors (Lipinski definition) is 3. The number of aliphatic hydroxyl groups excluding tert-OH is 1. The SMILES string of the molecule is CC(=O)NC(Cc1cc(F)cc(F)c1)C(O)CNC1(c2cccc(-c3cccs3)c2)CCCCC1. The molecule has 7 heteroatoms. The molecule has 35 heavy (non-hydrogen) atoms. The van der Waals surface area contributed by atoms with E-state index in [9.17, 15) is 18.7 Å². The van der Waals surface area contributed by atoms with Gasteiger partial charge in [0, 0.05) is 30.0 Å². The quantitative estimate of drug-likeness (QED) is 0.363. The maximum absolute atomic E-state index is 13.7. The van der Waals surface area contributed by atoms with E-state index in [1.54, 1.807) is 11.3 Å². The second-order valence-corrected chi connectivity index (χ2v) is 10.4. The van der Waals surface area contributed by atoms with E-state index in [4.69, 9.17) is 0 Å². The van der Waals surface area contributed by atoms with Crippen LogP contribution in [0.25, 0.3) is 10.4 Å². The van der Waals surface area contributed by atoms with Gasteiger partial charge in [0.1, 0.15) is 11.6 Å². The van der Waals surface area contributed by atoms with Gasteiger partial charge in [-0.25, -0.2) is 8.78 Å². The molecule has 1 fully saturated rings. The normalized spacial score (nSPS) is 17.0. The summed E-state index contributed by atoms with van der Waals surface area (Å²) in [5, 5.41) is 19.6. The molecule has 0 bridgehead atoms. The molecule has 186 valence electrons. The first-order valence-electron chi connectivity index (χ1n) is 12.1. The maximum atomic E-state index is 13.7. The molecule has 1 aliphatic rings. The highest BCUT2D eigenvalue weighted by atomic mass is 32.1. The molecule has 3 aromatic rings. The molecular weight excluding hydrogens is 466 g/mol. The third-order valence-electron chi connectivity index (χ3n) is 6.81. The summed E-state index contributed by atoms with van der Waals surface area (Å²) >= 11 is 1.71. The third-order valence-corrected chi connectivity index (χ3v) is 7.73. The summed E-state index contributed by atoms with van der Waals surface area (Å²) in [6.45, 7) is 1.62. The van der Waals surface area contributed by atoms with Crippen molar-refractivity contribution in [3.8, 4) is 10.4 Å². The van der Waals surface area contributed by atoms with E-state index in [1.807, 2.05) is 6.07 Å². The Labute approximate surface area is 209 Å². The first-order chi connectivity index (χ1) is 16.8. The average Bonchev–Trinajstić information content (AvgIpc) is 3.37. The molecule has 0 saturated heterocycles. The van der Waals surface area contributed by atoms with Crippen LogP contribution in [0, 0.1) is 11.6 Å². The second-order valence-electron chi connectivity index (χ2n) is 9.44. The predicted octanol–water partition coefficient (Wildman–Crippen LogP) is 5.55. The fourth-order valence-corrected chi connectivity index (χ4v) is 5.83. The molecule has 1 saturated carbocycles. The van der Waals surface area contributed by atoms with Crippen LogP contribution < -0.4 is 10.6 Å². The van der Waals surface area contributed by atoms with Crippen LogP contribution in [0.2, 0.25) is 0 Å². The van der Waals surface area contributed by atoms with Crippen molar-refractivity contribution >= 4 is 17.2 Å². The van der Waals surface area contributed by atoms with Crippen molar-refractivity contribution in [2.45, 2.75) is 63.1 Å². The van der Waals surface area contributed by atoms with E-state index in [0.717, 1.165) is 31.7 Å². The molecule has 2 unspecified atom stereocenters. The molecule has 1 heterocycles. The molecule has 4 rings (SSSR count). The highest BCUT2D eigenvalue weighted by molar-refractivity contribution is 7.13. The van der Waals surface area contributed by atoms with Crippen LogP contribution in [-0.2, 0) is 16.8 Å². The van der Waals surface area contributed by atoms with Crippen molar-refractivity contribution in [3.05, 3.63) is 82.7 Å². The fraction of sp³-hybridized carbons (Fsp3) is 0.393. The van der Waals surface area contributed by atoms with Crippen LogP contribution in [0.1, 0.15) is 50.2 Å². The van der Waals surface area contributed by atoms with E-state index in [1.165, 1.54) is 41.5 Å². The van der Waals surface area contributed by atoms with Gasteiger partial charge in [-0.2, -0.15) is 0 Å². The van der Waals surface area contributed by atoms with Crippen molar-refractivity contribution in [3.63, 3.8) is 0 Å². The molecule has 0 spiro atoms. The third kappa shape index (κ3) is 6.54. The van der Waals surface area contributed by atoms with E-state index in [0.29, 0.717) is 5.56 Å². The van der Waals surface area contributed by atoms with E-state index < -0.39 is 23.8 Å². The van der Waals surface area contributed by atoms with Gasteiger partial charge in [0.15, 0.2) is 0 Å². The highest BCUT2D eigenvalue weighted by Gasteiger charge is 2.35. The molecule has 1 aromatic heterocycles. The molecule has 2 aromatic carbocycles. The lowest BCUT2D eigenvalue weighted by molar-refractivity contribution is -0.120. The maximum Gasteiger partial charge on any atom is 0.217 e. The van der Waals surface area contributed by atoms with Crippen LogP contribution in [0.3, 0.4) is 0 Å². The van der Waals surface area contributed by atoms with Gasteiger partial charge in [0.05, 0.1) is 12.1 Å². The summed E-state index contributed by atoms with van der Waals surface area (Å²) in [6, 6.07) is 15.3. The highest BCUT2D eigenvalue weighted by Crippen LogP contribution is 2.39. The zero-order valence-electron chi connectivity index (χ0n) is 19.9. The first kappa shape index (κ1) is 25.5. The van der Waals surface area contributed by atoms with E-state index in [-0.39, 0.29) is 24.4 Å². The Morgan fingerprint density at radius 3 is 2.46 bits per heavy atom. The number of aliphatic hydroxyl groups is 1. The zero-order valence-corrected chi connectivity index (χ0v) is 20.7. The molecule has 0 radical (unpaired) electrons. The number of halogens is 2. The Morgan fingerprint density at radius 2 is 1.80 bits per heavy atom. The molecular formula is C28H32F2N2O2S. The van der Waals surface area contributed by atoms with Crippen molar-refractivity contribution < 1.29 is 18.7 Å². The number of nitrogens with one attached hydrogen (secondary N) is 2. The summed E-state index contributed by atoms with van der Waals surface area (Å²) in [4.78, 5) is 13.0. The fourth-order valence-electron chi connectivity index (χ4n) is 5.11. The zero-order chi connectivity index (χ0) is 24.8. The van der Waals surface area contributed by atoms with Crippen LogP contribution in [0.15, 0.2) is 60.0 Å². The Balaban J connectivity index is 1.53. The van der Waals surface area contributed by atoms with Crippen LogP contribution in [-0.4, -0.2) is 29.7 Å². The van der Waals surface area contributed by atoms with E-state index in [2.05, 4.69) is 46.3 Å². The van der Waals surface area contributed by atoms with Crippen LogP contribution >= 0.6 is 11.3 Å². The molecule has 0 aliphatic heterocycles. The second kappa shape index (κ2) is 11.4. The predicted molar refractivity (Wildman–Crippen MR) is 136 cm³/mol. The lowest BCUT2D eigenvalue weighted by Crippen LogP contribution is -2.53. The van der Waals surface area contributed by atoms with Gasteiger partial charge in [-0.1, -0.05) is 43.5 Å². The van der Waals surface area contributed by atoms with Crippen LogP contribution in [0.5, 0.6) is 0 Å². The van der Waals surface area contributed by atoms with Crippen molar-refractivity contribution in [2.75, 3.05) is 6.54 Å². The molecule has 1 aliphatic carbocycles. The Morgan fingerprint density at radius 1 is 1.06 bits per heavy atom. The Hall–Kier alpha value is -2.61. The van der Waals surface area contributed by atoms with Gasteiger partial charge in [-0.15, -0.1) is 11.3 Å². The lowest BCUT2D eigenvalue weighted by Gasteiger charge is -2.40. The number of hydrogen-bond acceptors (Lipinski definition) is 4. The summed E-state index contributed by atoms with van der Waals surface area (Å²) < 4.78 is 27.4. The number of amides is 1. The summed E-state index contributed by atoms with van der Waals surface area (Å²) in [5.41, 5.74) is 2.47. The summed E-state index contributed by atoms with van der Waals surface area (Å²) in [6.07, 6.45) is 4.44. The smallest absolute Gasteiger partial charge is 0.217 e. The van der Waals surface area contributed by atoms with Gasteiger partial charge in [-0.05, 0) is 65.6 Å². The Kier molecular flexibility index (Phi) is 8.31. The minimum atomic E-state index is -0.940. The first-order valence-corrected chi connectivity index (χ1v) is 13.0. The molecule has 3 N–H and O–H groups in total. The number of carbonyl (C=O) groups excluding carboxylic acids is 1. The Bertz CT molecular complexity index is 1110. The van der Waals surface area contributed by atoms with Gasteiger partial charge >= 0.3 is 0 Å². The van der Waals surface area contributed by atoms with Crippen molar-refractivity contribution in [1.29, 1.82) is 0 Å². The van der Waals surface area contributed by atoms with Gasteiger partial charge in [0.25, 0.3) is 0 Å². The van der Waals surface area contributed by atoms with Crippen molar-refractivity contribution in [2.24, 2.45) is 0 Å². The van der Waals surface area contributed by atoms with Crippen molar-refractivity contribution in [1.82, 2.24) is 10.6 Å². The molecule has 4 nitrogen and oxygen atoms in total. The van der Waals surface area contributed by atoms with Gasteiger partial charge in [-0.3, -0.25) is 4.79 Å². The minimum Gasteiger partial charge on any atom is -0.390 e. The van der Waals surface area contributed by atoms with Gasteiger partial charge < -0.3 is 15.7 Å².